The first kappa shape index (κ1) is 10.4. The van der Waals surface area contributed by atoms with Crippen molar-refractivity contribution in [3.63, 3.8) is 0 Å². The minimum Gasteiger partial charge on any atom is -0.368 e. The Balaban J connectivity index is 0.00000121. The van der Waals surface area contributed by atoms with Gasteiger partial charge in [-0.2, -0.15) is 10.1 Å². The van der Waals surface area contributed by atoms with Crippen molar-refractivity contribution in [2.45, 2.75) is 0 Å². The number of rotatable bonds is 0. The fourth-order valence-corrected chi connectivity index (χ4v) is 0.579. The van der Waals surface area contributed by atoms with Gasteiger partial charge in [-0.3, -0.25) is 5.41 Å². The van der Waals surface area contributed by atoms with Gasteiger partial charge in [0.2, 0.25) is 11.9 Å². The molecule has 0 saturated heterocycles. The quantitative estimate of drug-likeness (QED) is 0.373. The third kappa shape index (κ3) is 2.59. The number of hydrogen-bond donors (Lipinski definition) is 3. The minimum atomic E-state index is -0.335. The SMILES string of the molecule is Cl.N=C(N)/N=C(\N)n1cccn1. The first-order chi connectivity index (χ1) is 5.20. The van der Waals surface area contributed by atoms with Crippen molar-refractivity contribution in [2.75, 3.05) is 0 Å². The summed E-state index contributed by atoms with van der Waals surface area (Å²) in [5, 5.41) is 10.6. The Kier molecular flexibility index (Phi) is 3.78. The van der Waals surface area contributed by atoms with Crippen LogP contribution in [0.1, 0.15) is 0 Å². The van der Waals surface area contributed by atoms with Gasteiger partial charge >= 0.3 is 0 Å². The molecule has 0 aliphatic rings. The molecule has 7 heteroatoms. The molecule has 66 valence electrons. The molecule has 0 aliphatic heterocycles. The third-order valence-electron chi connectivity index (χ3n) is 0.974. The van der Waals surface area contributed by atoms with E-state index in [9.17, 15) is 0 Å². The van der Waals surface area contributed by atoms with Gasteiger partial charge in [0.1, 0.15) is 0 Å². The Morgan fingerprint density at radius 3 is 2.58 bits per heavy atom. The van der Waals surface area contributed by atoms with E-state index < -0.39 is 0 Å². The molecule has 0 saturated carbocycles. The highest BCUT2D eigenvalue weighted by atomic mass is 35.5. The van der Waals surface area contributed by atoms with E-state index in [0.29, 0.717) is 0 Å². The van der Waals surface area contributed by atoms with Gasteiger partial charge in [-0.25, -0.2) is 4.68 Å². The van der Waals surface area contributed by atoms with Crippen molar-refractivity contribution in [1.82, 2.24) is 9.78 Å². The van der Waals surface area contributed by atoms with Gasteiger partial charge in [-0.1, -0.05) is 0 Å². The molecule has 1 aromatic rings. The number of guanidine groups is 1. The predicted molar refractivity (Wildman–Crippen MR) is 48.4 cm³/mol. The van der Waals surface area contributed by atoms with Crippen LogP contribution in [0.2, 0.25) is 0 Å². The number of hydrogen-bond acceptors (Lipinski definition) is 2. The summed E-state index contributed by atoms with van der Waals surface area (Å²) in [4.78, 5) is 3.48. The topological polar surface area (TPSA) is 106 Å². The van der Waals surface area contributed by atoms with Crippen LogP contribution in [0.25, 0.3) is 0 Å². The fraction of sp³-hybridized carbons (Fsp3) is 0. The summed E-state index contributed by atoms with van der Waals surface area (Å²) in [6.07, 6.45) is 3.17. The van der Waals surface area contributed by atoms with Crippen molar-refractivity contribution in [1.29, 1.82) is 5.41 Å². The Bertz CT molecular complexity index is 276. The van der Waals surface area contributed by atoms with Gasteiger partial charge in [0.05, 0.1) is 0 Å². The number of nitrogens with two attached hydrogens (primary N) is 2. The monoisotopic (exact) mass is 188 g/mol. The second-order valence-electron chi connectivity index (χ2n) is 1.81. The lowest BCUT2D eigenvalue weighted by atomic mass is 10.7. The highest BCUT2D eigenvalue weighted by Gasteiger charge is 1.94. The van der Waals surface area contributed by atoms with Crippen LogP contribution in [-0.2, 0) is 0 Å². The molecule has 0 atom stereocenters. The van der Waals surface area contributed by atoms with E-state index in [4.69, 9.17) is 16.9 Å². The van der Waals surface area contributed by atoms with Crippen LogP contribution in [0.3, 0.4) is 0 Å². The van der Waals surface area contributed by atoms with E-state index in [1.807, 2.05) is 0 Å². The smallest absolute Gasteiger partial charge is 0.224 e. The summed E-state index contributed by atoms with van der Waals surface area (Å²) >= 11 is 0. The molecular weight excluding hydrogens is 180 g/mol. The molecule has 6 nitrogen and oxygen atoms in total. The second kappa shape index (κ2) is 4.35. The van der Waals surface area contributed by atoms with Crippen molar-refractivity contribution in [2.24, 2.45) is 16.5 Å². The largest absolute Gasteiger partial charge is 0.368 e. The maximum absolute atomic E-state index is 6.80. The number of aliphatic imine (C=N–C) groups is 1. The highest BCUT2D eigenvalue weighted by molar-refractivity contribution is 5.92. The summed E-state index contributed by atoms with van der Waals surface area (Å²) in [7, 11) is 0. The molecule has 0 radical (unpaired) electrons. The maximum Gasteiger partial charge on any atom is 0.224 e. The van der Waals surface area contributed by atoms with Crippen LogP contribution in [0, 0.1) is 5.41 Å². The molecule has 0 fully saturated rings. The van der Waals surface area contributed by atoms with E-state index in [2.05, 4.69) is 10.1 Å². The molecule has 5 N–H and O–H groups in total. The van der Waals surface area contributed by atoms with Gasteiger partial charge in [-0.05, 0) is 6.07 Å². The molecule has 0 aromatic carbocycles. The standard InChI is InChI=1S/C5H8N6.ClH/c6-4(7)10-5(8)11-3-1-2-9-11;/h1-3H,(H5,6,7,8,10);1H. The van der Waals surface area contributed by atoms with Gasteiger partial charge in [0, 0.05) is 12.4 Å². The lowest BCUT2D eigenvalue weighted by molar-refractivity contribution is 0.921. The summed E-state index contributed by atoms with van der Waals surface area (Å²) < 4.78 is 1.32. The normalized spacial score (nSPS) is 10.5. The molecule has 0 amide bonds. The predicted octanol–water partition coefficient (Wildman–Crippen LogP) is -0.639. The van der Waals surface area contributed by atoms with E-state index >= 15 is 0 Å². The minimum absolute atomic E-state index is 0. The molecule has 0 unspecified atom stereocenters. The van der Waals surface area contributed by atoms with Crippen molar-refractivity contribution in [3.8, 4) is 0 Å². The van der Waals surface area contributed by atoms with Crippen LogP contribution in [0.4, 0.5) is 0 Å². The maximum atomic E-state index is 6.80. The van der Waals surface area contributed by atoms with Crippen molar-refractivity contribution < 1.29 is 0 Å². The van der Waals surface area contributed by atoms with Crippen LogP contribution in [0.5, 0.6) is 0 Å². The number of aromatic nitrogens is 2. The van der Waals surface area contributed by atoms with Crippen molar-refractivity contribution in [3.05, 3.63) is 18.5 Å². The molecular formula is C5H9ClN6. The Hall–Kier alpha value is -1.56. The molecule has 12 heavy (non-hydrogen) atoms. The Labute approximate surface area is 75.2 Å². The van der Waals surface area contributed by atoms with E-state index in [0.717, 1.165) is 0 Å². The fourth-order valence-electron chi connectivity index (χ4n) is 0.579. The van der Waals surface area contributed by atoms with E-state index in [1.165, 1.54) is 4.68 Å². The summed E-state index contributed by atoms with van der Waals surface area (Å²) in [5.74, 6) is -0.250. The van der Waals surface area contributed by atoms with Crippen molar-refractivity contribution >= 4 is 24.3 Å². The van der Waals surface area contributed by atoms with E-state index in [-0.39, 0.29) is 24.3 Å². The number of nitrogens with one attached hydrogen (secondary N) is 1. The third-order valence-corrected chi connectivity index (χ3v) is 0.974. The average Bonchev–Trinajstić information content (AvgIpc) is 2.35. The number of halogens is 1. The lowest BCUT2D eigenvalue weighted by Crippen LogP contribution is -2.25. The molecule has 1 heterocycles. The first-order valence-electron chi connectivity index (χ1n) is 2.88. The number of nitrogens with zero attached hydrogens (tertiary/aromatic N) is 3. The van der Waals surface area contributed by atoms with Gasteiger partial charge in [-0.15, -0.1) is 12.4 Å². The molecule has 1 rings (SSSR count). The zero-order valence-electron chi connectivity index (χ0n) is 6.14. The van der Waals surface area contributed by atoms with Crippen LogP contribution in [0.15, 0.2) is 23.5 Å². The summed E-state index contributed by atoms with van der Waals surface area (Å²) in [6.45, 7) is 0. The Morgan fingerprint density at radius 2 is 2.17 bits per heavy atom. The summed E-state index contributed by atoms with van der Waals surface area (Å²) in [5.41, 5.74) is 10.3. The van der Waals surface area contributed by atoms with Gasteiger partial charge < -0.3 is 11.5 Å². The van der Waals surface area contributed by atoms with Gasteiger partial charge in [0.25, 0.3) is 0 Å². The Morgan fingerprint density at radius 1 is 1.50 bits per heavy atom. The second-order valence-corrected chi connectivity index (χ2v) is 1.81. The van der Waals surface area contributed by atoms with Crippen LogP contribution in [-0.4, -0.2) is 21.7 Å². The molecule has 0 aliphatic carbocycles. The lowest BCUT2D eigenvalue weighted by Gasteiger charge is -1.96. The molecule has 0 spiro atoms. The van der Waals surface area contributed by atoms with Crippen LogP contribution < -0.4 is 11.5 Å². The zero-order chi connectivity index (χ0) is 8.27. The van der Waals surface area contributed by atoms with E-state index in [1.54, 1.807) is 18.5 Å². The molecule has 1 aromatic heterocycles. The highest BCUT2D eigenvalue weighted by Crippen LogP contribution is 1.81. The first-order valence-corrected chi connectivity index (χ1v) is 2.88. The van der Waals surface area contributed by atoms with Gasteiger partial charge in [0.15, 0.2) is 0 Å². The molecule has 0 bridgehead atoms. The van der Waals surface area contributed by atoms with Crippen LogP contribution >= 0.6 is 12.4 Å². The summed E-state index contributed by atoms with van der Waals surface area (Å²) in [6, 6.07) is 1.70. The average molecular weight is 189 g/mol. The zero-order valence-corrected chi connectivity index (χ0v) is 6.95.